The number of nitrogen functional groups attached to an aromatic ring is 1. The van der Waals surface area contributed by atoms with Crippen LogP contribution in [0.25, 0.3) is 16.7 Å². The maximum atomic E-state index is 5.73. The van der Waals surface area contributed by atoms with E-state index >= 15 is 0 Å². The molecule has 0 aliphatic carbocycles. The molecule has 5 heteroatoms. The summed E-state index contributed by atoms with van der Waals surface area (Å²) in [5.74, 6) is 0.491. The molecule has 3 aromatic rings. The molecule has 0 saturated heterocycles. The zero-order valence-corrected chi connectivity index (χ0v) is 7.25. The van der Waals surface area contributed by atoms with E-state index in [9.17, 15) is 0 Å². The number of anilines is 1. The van der Waals surface area contributed by atoms with Crippen LogP contribution < -0.4 is 5.73 Å². The third-order valence-electron chi connectivity index (χ3n) is 2.19. The molecule has 0 radical (unpaired) electrons. The average molecular weight is 185 g/mol. The van der Waals surface area contributed by atoms with Gasteiger partial charge in [0.1, 0.15) is 17.8 Å². The lowest BCUT2D eigenvalue weighted by Crippen LogP contribution is -1.97. The van der Waals surface area contributed by atoms with Crippen molar-refractivity contribution >= 4 is 22.5 Å². The molecule has 0 fully saturated rings. The molecule has 0 saturated carbocycles. The van der Waals surface area contributed by atoms with E-state index < -0.39 is 0 Å². The molecule has 5 nitrogen and oxygen atoms in total. The topological polar surface area (TPSA) is 69.1 Å². The van der Waals surface area contributed by atoms with Gasteiger partial charge in [0.05, 0.1) is 5.39 Å². The first-order chi connectivity index (χ1) is 6.86. The quantitative estimate of drug-likeness (QED) is 0.564. The highest BCUT2D eigenvalue weighted by atomic mass is 15.1. The summed E-state index contributed by atoms with van der Waals surface area (Å²) in [6, 6.07) is 3.77. The molecule has 0 bridgehead atoms. The van der Waals surface area contributed by atoms with Crippen LogP contribution in [0, 0.1) is 0 Å². The van der Waals surface area contributed by atoms with E-state index in [0.717, 1.165) is 16.7 Å². The van der Waals surface area contributed by atoms with E-state index in [2.05, 4.69) is 15.0 Å². The second kappa shape index (κ2) is 2.41. The highest BCUT2D eigenvalue weighted by Gasteiger charge is 2.03. The van der Waals surface area contributed by atoms with Crippen molar-refractivity contribution in [3.05, 3.63) is 30.9 Å². The summed E-state index contributed by atoms with van der Waals surface area (Å²) < 4.78 is 1.88. The number of imidazole rings is 1. The molecule has 14 heavy (non-hydrogen) atoms. The van der Waals surface area contributed by atoms with Gasteiger partial charge in [0.15, 0.2) is 5.65 Å². The SMILES string of the molecule is Nc1ncnc2c1ccc1nccn12. The molecule has 3 aromatic heterocycles. The van der Waals surface area contributed by atoms with E-state index in [4.69, 9.17) is 5.73 Å². The monoisotopic (exact) mass is 185 g/mol. The molecular formula is C9H7N5. The number of aromatic nitrogens is 4. The van der Waals surface area contributed by atoms with Gasteiger partial charge in [-0.1, -0.05) is 0 Å². The molecule has 0 atom stereocenters. The summed E-state index contributed by atoms with van der Waals surface area (Å²) in [6.07, 6.45) is 5.04. The minimum absolute atomic E-state index is 0.491. The molecule has 68 valence electrons. The van der Waals surface area contributed by atoms with Crippen LogP contribution in [0.4, 0.5) is 5.82 Å². The Kier molecular flexibility index (Phi) is 1.25. The molecular weight excluding hydrogens is 178 g/mol. The van der Waals surface area contributed by atoms with Crippen LogP contribution in [0.5, 0.6) is 0 Å². The fourth-order valence-corrected chi connectivity index (χ4v) is 1.53. The van der Waals surface area contributed by atoms with E-state index in [1.54, 1.807) is 6.20 Å². The third kappa shape index (κ3) is 0.806. The second-order valence-electron chi connectivity index (χ2n) is 2.98. The number of rotatable bonds is 0. The fourth-order valence-electron chi connectivity index (χ4n) is 1.53. The summed E-state index contributed by atoms with van der Waals surface area (Å²) in [5, 5.41) is 0.845. The van der Waals surface area contributed by atoms with Gasteiger partial charge in [-0.25, -0.2) is 15.0 Å². The Morgan fingerprint density at radius 2 is 2.07 bits per heavy atom. The van der Waals surface area contributed by atoms with Crippen molar-refractivity contribution in [2.45, 2.75) is 0 Å². The third-order valence-corrected chi connectivity index (χ3v) is 2.19. The lowest BCUT2D eigenvalue weighted by Gasteiger charge is -2.01. The summed E-state index contributed by atoms with van der Waals surface area (Å²) in [4.78, 5) is 12.3. The van der Waals surface area contributed by atoms with Crippen molar-refractivity contribution in [2.75, 3.05) is 5.73 Å². The Labute approximate surface area is 79.2 Å². The second-order valence-corrected chi connectivity index (χ2v) is 2.98. The van der Waals surface area contributed by atoms with Crippen LogP contribution in [0.2, 0.25) is 0 Å². The Balaban J connectivity index is 2.64. The van der Waals surface area contributed by atoms with E-state index in [-0.39, 0.29) is 0 Å². The number of hydrogen-bond donors (Lipinski definition) is 1. The van der Waals surface area contributed by atoms with Gasteiger partial charge in [0, 0.05) is 12.4 Å². The van der Waals surface area contributed by atoms with E-state index in [1.807, 2.05) is 22.7 Å². The summed E-state index contributed by atoms with van der Waals surface area (Å²) >= 11 is 0. The summed E-state index contributed by atoms with van der Waals surface area (Å²) in [7, 11) is 0. The van der Waals surface area contributed by atoms with Crippen LogP contribution in [0.15, 0.2) is 30.9 Å². The van der Waals surface area contributed by atoms with Crippen molar-refractivity contribution in [1.82, 2.24) is 19.4 Å². The van der Waals surface area contributed by atoms with Crippen LogP contribution >= 0.6 is 0 Å². The number of nitrogens with two attached hydrogens (primary N) is 1. The van der Waals surface area contributed by atoms with Crippen molar-refractivity contribution in [3.8, 4) is 0 Å². The Hall–Kier alpha value is -2.17. The molecule has 3 rings (SSSR count). The predicted molar refractivity (Wildman–Crippen MR) is 52.7 cm³/mol. The van der Waals surface area contributed by atoms with Gasteiger partial charge < -0.3 is 5.73 Å². The zero-order chi connectivity index (χ0) is 9.54. The van der Waals surface area contributed by atoms with E-state index in [0.29, 0.717) is 5.82 Å². The van der Waals surface area contributed by atoms with Gasteiger partial charge in [-0.15, -0.1) is 0 Å². The van der Waals surface area contributed by atoms with E-state index in [1.165, 1.54) is 6.33 Å². The van der Waals surface area contributed by atoms with Gasteiger partial charge in [-0.2, -0.15) is 0 Å². The van der Waals surface area contributed by atoms with Gasteiger partial charge >= 0.3 is 0 Å². The maximum absolute atomic E-state index is 5.73. The lowest BCUT2D eigenvalue weighted by atomic mass is 10.3. The first kappa shape index (κ1) is 7.25. The molecule has 0 unspecified atom stereocenters. The minimum atomic E-state index is 0.491. The number of hydrogen-bond acceptors (Lipinski definition) is 4. The number of nitrogens with zero attached hydrogens (tertiary/aromatic N) is 4. The first-order valence-corrected chi connectivity index (χ1v) is 4.18. The van der Waals surface area contributed by atoms with Gasteiger partial charge in [-0.3, -0.25) is 4.40 Å². The normalized spacial score (nSPS) is 11.1. The summed E-state index contributed by atoms with van der Waals surface area (Å²) in [5.41, 5.74) is 7.37. The predicted octanol–water partition coefficient (Wildman–Crippen LogP) is 0.860. The Morgan fingerprint density at radius 3 is 3.00 bits per heavy atom. The van der Waals surface area contributed by atoms with Crippen LogP contribution in [-0.2, 0) is 0 Å². The Morgan fingerprint density at radius 1 is 1.14 bits per heavy atom. The maximum Gasteiger partial charge on any atom is 0.151 e. The molecule has 0 spiro atoms. The number of fused-ring (bicyclic) bond motifs is 3. The van der Waals surface area contributed by atoms with Crippen molar-refractivity contribution in [1.29, 1.82) is 0 Å². The lowest BCUT2D eigenvalue weighted by molar-refractivity contribution is 1.14. The molecule has 3 heterocycles. The molecule has 0 aliphatic heterocycles. The van der Waals surface area contributed by atoms with Gasteiger partial charge in [-0.05, 0) is 12.1 Å². The van der Waals surface area contributed by atoms with Crippen molar-refractivity contribution < 1.29 is 0 Å². The van der Waals surface area contributed by atoms with Crippen LogP contribution in [0.1, 0.15) is 0 Å². The largest absolute Gasteiger partial charge is 0.383 e. The van der Waals surface area contributed by atoms with Crippen molar-refractivity contribution in [3.63, 3.8) is 0 Å². The van der Waals surface area contributed by atoms with Gasteiger partial charge in [0.25, 0.3) is 0 Å². The first-order valence-electron chi connectivity index (χ1n) is 4.18. The smallest absolute Gasteiger partial charge is 0.151 e. The highest BCUT2D eigenvalue weighted by Crippen LogP contribution is 2.17. The minimum Gasteiger partial charge on any atom is -0.383 e. The Bertz CT molecular complexity index is 613. The van der Waals surface area contributed by atoms with Crippen LogP contribution in [0.3, 0.4) is 0 Å². The fraction of sp³-hybridized carbons (Fsp3) is 0. The summed E-state index contributed by atoms with van der Waals surface area (Å²) in [6.45, 7) is 0. The highest BCUT2D eigenvalue weighted by molar-refractivity contribution is 5.87. The molecule has 2 N–H and O–H groups in total. The van der Waals surface area contributed by atoms with Crippen LogP contribution in [-0.4, -0.2) is 19.4 Å². The van der Waals surface area contributed by atoms with Crippen molar-refractivity contribution in [2.24, 2.45) is 0 Å². The number of pyridine rings is 1. The molecule has 0 aliphatic rings. The molecule has 0 aromatic carbocycles. The zero-order valence-electron chi connectivity index (χ0n) is 7.25. The molecule has 0 amide bonds. The average Bonchev–Trinajstić information content (AvgIpc) is 2.66. The standard InChI is InChI=1S/C9H7N5/c10-8-6-1-2-7-11-3-4-14(7)9(6)13-5-12-8/h1-5H,(H2,10,12,13). The van der Waals surface area contributed by atoms with Gasteiger partial charge in [0.2, 0.25) is 0 Å².